The number of hydrogen-bond acceptors (Lipinski definition) is 7. The number of fused-ring (bicyclic) bond motifs is 3. The van der Waals surface area contributed by atoms with Gasteiger partial charge in [0.2, 0.25) is 0 Å². The van der Waals surface area contributed by atoms with Crippen molar-refractivity contribution < 1.29 is 5.11 Å². The highest BCUT2D eigenvalue weighted by Crippen LogP contribution is 2.31. The maximum atomic E-state index is 8.97. The summed E-state index contributed by atoms with van der Waals surface area (Å²) in [6.07, 6.45) is 7.14. The predicted octanol–water partition coefficient (Wildman–Crippen LogP) is 1.64. The Hall–Kier alpha value is -3.07. The van der Waals surface area contributed by atoms with E-state index in [2.05, 4.69) is 37.5 Å². The monoisotopic (exact) mass is 378 g/mol. The van der Waals surface area contributed by atoms with Gasteiger partial charge in [-0.15, -0.1) is 20.4 Å². The van der Waals surface area contributed by atoms with Crippen molar-refractivity contribution in [2.75, 3.05) is 24.6 Å². The second kappa shape index (κ2) is 7.16. The first-order valence-electron chi connectivity index (χ1n) is 9.69. The number of benzene rings is 1. The molecule has 0 unspecified atom stereocenters. The molecule has 0 aliphatic carbocycles. The third kappa shape index (κ3) is 2.97. The molecule has 5 rings (SSSR count). The van der Waals surface area contributed by atoms with Crippen molar-refractivity contribution in [3.05, 3.63) is 42.5 Å². The zero-order valence-electron chi connectivity index (χ0n) is 15.5. The van der Waals surface area contributed by atoms with E-state index in [-0.39, 0.29) is 6.61 Å². The number of hydrogen-bond donors (Lipinski definition) is 1. The van der Waals surface area contributed by atoms with Gasteiger partial charge >= 0.3 is 0 Å². The van der Waals surface area contributed by atoms with Crippen molar-refractivity contribution in [2.24, 2.45) is 0 Å². The molecule has 144 valence electrons. The lowest BCUT2D eigenvalue weighted by Crippen LogP contribution is -2.35. The molecule has 1 saturated heterocycles. The fourth-order valence-electron chi connectivity index (χ4n) is 3.95. The average Bonchev–Trinajstić information content (AvgIpc) is 3.41. The third-order valence-electron chi connectivity index (χ3n) is 5.43. The second-order valence-electron chi connectivity index (χ2n) is 7.20. The van der Waals surface area contributed by atoms with Gasteiger partial charge in [-0.1, -0.05) is 29.5 Å². The largest absolute Gasteiger partial charge is 0.396 e. The zero-order valence-corrected chi connectivity index (χ0v) is 15.5. The topological polar surface area (TPSA) is 97.3 Å². The Morgan fingerprint density at radius 2 is 1.89 bits per heavy atom. The van der Waals surface area contributed by atoms with Gasteiger partial charge in [0, 0.05) is 36.7 Å². The van der Waals surface area contributed by atoms with E-state index >= 15 is 0 Å². The highest BCUT2D eigenvalue weighted by atomic mass is 16.2. The van der Waals surface area contributed by atoms with Crippen molar-refractivity contribution in [2.45, 2.75) is 31.7 Å². The Labute approximate surface area is 161 Å². The number of anilines is 1. The van der Waals surface area contributed by atoms with Crippen LogP contribution in [0.2, 0.25) is 0 Å². The molecule has 0 bridgehead atoms. The molecule has 1 aliphatic rings. The molecule has 0 radical (unpaired) electrons. The molecule has 0 spiro atoms. The van der Waals surface area contributed by atoms with Gasteiger partial charge in [-0.2, -0.15) is 4.52 Å². The molecule has 0 atom stereocenters. The van der Waals surface area contributed by atoms with Crippen LogP contribution in [0.3, 0.4) is 0 Å². The normalized spacial score (nSPS) is 15.7. The number of nitrogens with zero attached hydrogens (tertiary/aromatic N) is 8. The maximum absolute atomic E-state index is 8.97. The van der Waals surface area contributed by atoms with Crippen LogP contribution >= 0.6 is 0 Å². The van der Waals surface area contributed by atoms with Gasteiger partial charge in [0.05, 0.1) is 11.7 Å². The minimum absolute atomic E-state index is 0.184. The van der Waals surface area contributed by atoms with E-state index in [1.165, 1.54) is 0 Å². The average molecular weight is 378 g/mol. The summed E-state index contributed by atoms with van der Waals surface area (Å²) in [5.74, 6) is 0.976. The molecule has 1 fully saturated rings. The van der Waals surface area contributed by atoms with E-state index in [4.69, 9.17) is 10.2 Å². The molecule has 4 heterocycles. The molecule has 4 aromatic rings. The molecular weight excluding hydrogens is 356 g/mol. The minimum Gasteiger partial charge on any atom is -0.396 e. The van der Waals surface area contributed by atoms with Crippen molar-refractivity contribution in [3.8, 4) is 0 Å². The summed E-state index contributed by atoms with van der Waals surface area (Å²) in [5, 5.41) is 32.7. The molecule has 1 aliphatic heterocycles. The fourth-order valence-corrected chi connectivity index (χ4v) is 3.95. The van der Waals surface area contributed by atoms with Crippen LogP contribution in [-0.4, -0.2) is 59.6 Å². The molecule has 28 heavy (non-hydrogen) atoms. The van der Waals surface area contributed by atoms with Gasteiger partial charge in [-0.05, 0) is 25.7 Å². The molecule has 1 N–H and O–H groups in total. The van der Waals surface area contributed by atoms with Crippen LogP contribution in [0.4, 0.5) is 5.82 Å². The summed E-state index contributed by atoms with van der Waals surface area (Å²) in [6, 6.07) is 8.57. The van der Waals surface area contributed by atoms with Crippen LogP contribution in [0.5, 0.6) is 0 Å². The molecule has 9 heteroatoms. The highest BCUT2D eigenvalue weighted by Gasteiger charge is 2.24. The zero-order chi connectivity index (χ0) is 18.9. The summed E-state index contributed by atoms with van der Waals surface area (Å²) in [7, 11) is 0. The van der Waals surface area contributed by atoms with Crippen molar-refractivity contribution in [1.82, 2.24) is 34.8 Å². The Morgan fingerprint density at radius 3 is 2.71 bits per heavy atom. The summed E-state index contributed by atoms with van der Waals surface area (Å²) < 4.78 is 3.74. The highest BCUT2D eigenvalue weighted by molar-refractivity contribution is 6.00. The van der Waals surface area contributed by atoms with Gasteiger partial charge in [0.1, 0.15) is 6.33 Å². The van der Waals surface area contributed by atoms with Crippen LogP contribution in [0, 0.1) is 0 Å². The molecule has 3 aromatic heterocycles. The van der Waals surface area contributed by atoms with Crippen molar-refractivity contribution >= 4 is 22.2 Å². The summed E-state index contributed by atoms with van der Waals surface area (Å²) in [5.41, 5.74) is 1.73. The fraction of sp³-hybridized carbons (Fsp3) is 0.421. The molecule has 9 nitrogen and oxygen atoms in total. The first-order chi connectivity index (χ1) is 13.8. The van der Waals surface area contributed by atoms with Gasteiger partial charge in [0.15, 0.2) is 11.5 Å². The van der Waals surface area contributed by atoms with Gasteiger partial charge < -0.3 is 10.0 Å². The molecule has 0 amide bonds. The summed E-state index contributed by atoms with van der Waals surface area (Å²) >= 11 is 0. The minimum atomic E-state index is 0.184. The quantitative estimate of drug-likeness (QED) is 0.564. The number of aliphatic hydroxyl groups is 1. The van der Waals surface area contributed by atoms with Crippen LogP contribution in [0.25, 0.3) is 16.4 Å². The van der Waals surface area contributed by atoms with Crippen molar-refractivity contribution in [1.29, 1.82) is 0 Å². The van der Waals surface area contributed by atoms with Crippen LogP contribution in [-0.2, 0) is 6.42 Å². The predicted molar refractivity (Wildman–Crippen MR) is 104 cm³/mol. The Morgan fingerprint density at radius 1 is 1.07 bits per heavy atom. The Kier molecular flexibility index (Phi) is 4.36. The number of piperidine rings is 1. The van der Waals surface area contributed by atoms with E-state index < -0.39 is 0 Å². The van der Waals surface area contributed by atoms with Crippen molar-refractivity contribution in [3.63, 3.8) is 0 Å². The Balaban J connectivity index is 1.37. The lowest BCUT2D eigenvalue weighted by atomic mass is 10.0. The smallest absolute Gasteiger partial charge is 0.185 e. The Bertz CT molecular complexity index is 1100. The lowest BCUT2D eigenvalue weighted by molar-refractivity contribution is 0.288. The molecular formula is C19H22N8O. The van der Waals surface area contributed by atoms with Crippen LogP contribution in [0.1, 0.15) is 31.0 Å². The number of aryl methyl sites for hydroxylation is 1. The SMILES string of the molecule is OCCCc1cn(C2CCN(c3nn4cnnc4c4ccccc34)CC2)nn1. The second-order valence-corrected chi connectivity index (χ2v) is 7.20. The lowest BCUT2D eigenvalue weighted by Gasteiger charge is -2.33. The van der Waals surface area contributed by atoms with E-state index in [9.17, 15) is 0 Å². The van der Waals surface area contributed by atoms with E-state index in [1.54, 1.807) is 10.8 Å². The first kappa shape index (κ1) is 17.1. The van der Waals surface area contributed by atoms with E-state index in [0.717, 1.165) is 66.7 Å². The van der Waals surface area contributed by atoms with E-state index in [1.807, 2.05) is 23.0 Å². The third-order valence-corrected chi connectivity index (χ3v) is 5.43. The van der Waals surface area contributed by atoms with Gasteiger partial charge in [-0.25, -0.2) is 4.68 Å². The number of rotatable bonds is 5. The van der Waals surface area contributed by atoms with Crippen LogP contribution in [0.15, 0.2) is 36.8 Å². The van der Waals surface area contributed by atoms with E-state index in [0.29, 0.717) is 6.04 Å². The van der Waals surface area contributed by atoms with Gasteiger partial charge in [0.25, 0.3) is 0 Å². The number of aliphatic hydroxyl groups excluding tert-OH is 1. The summed E-state index contributed by atoms with van der Waals surface area (Å²) in [4.78, 5) is 2.34. The first-order valence-corrected chi connectivity index (χ1v) is 9.69. The number of aromatic nitrogens is 7. The standard InChI is InChI=1S/C19H22N8O/c28-11-3-4-14-12-26(24-21-14)15-7-9-25(10-8-15)19-17-6-2-1-5-16(17)18-22-20-13-27(18)23-19/h1-2,5-6,12-13,15,28H,3-4,7-11H2. The van der Waals surface area contributed by atoms with Crippen LogP contribution < -0.4 is 4.90 Å². The summed E-state index contributed by atoms with van der Waals surface area (Å²) in [6.45, 7) is 1.99. The molecule has 0 saturated carbocycles. The molecule has 1 aromatic carbocycles. The van der Waals surface area contributed by atoms with Gasteiger partial charge in [-0.3, -0.25) is 0 Å². The maximum Gasteiger partial charge on any atom is 0.185 e.